The molecule has 4 rings (SSSR count). The molecule has 0 amide bonds. The summed E-state index contributed by atoms with van der Waals surface area (Å²) in [6, 6.07) is 35.5. The molecule has 4 aromatic rings. The van der Waals surface area contributed by atoms with Gasteiger partial charge in [-0.15, -0.1) is 11.6 Å². The Kier molecular flexibility index (Phi) is 18.3. The number of aliphatic hydroxyl groups excluding tert-OH is 1. The first kappa shape index (κ1) is 37.6. The van der Waals surface area contributed by atoms with E-state index in [4.69, 9.17) is 39.9 Å². The maximum absolute atomic E-state index is 12.3. The van der Waals surface area contributed by atoms with Crippen LogP contribution < -0.4 is 21.2 Å². The SMILES string of the molecule is CC(O)Nc1cc(C(F)(F)F)ccc1Cl.CCl.CNC(=C(Cl)Cl)[PH+](c1ccccc1)c1ccccc1.c1ccccc1. The molecule has 0 aliphatic rings. The van der Waals surface area contributed by atoms with Gasteiger partial charge in [0.1, 0.15) is 24.8 Å². The van der Waals surface area contributed by atoms with Crippen molar-refractivity contribution in [1.29, 1.82) is 0 Å². The van der Waals surface area contributed by atoms with Gasteiger partial charge < -0.3 is 15.7 Å². The normalized spacial score (nSPS) is 10.9. The number of alkyl halides is 4. The summed E-state index contributed by atoms with van der Waals surface area (Å²) in [7, 11) is 0.674. The Morgan fingerprint density at radius 2 is 1.17 bits per heavy atom. The van der Waals surface area contributed by atoms with Crippen molar-refractivity contribution in [3.05, 3.63) is 136 Å². The summed E-state index contributed by atoms with van der Waals surface area (Å²) >= 11 is 22.4. The van der Waals surface area contributed by atoms with Crippen molar-refractivity contribution in [3.63, 3.8) is 0 Å². The lowest BCUT2D eigenvalue weighted by Gasteiger charge is -2.13. The van der Waals surface area contributed by atoms with E-state index in [0.29, 0.717) is 4.49 Å². The molecule has 42 heavy (non-hydrogen) atoms. The van der Waals surface area contributed by atoms with E-state index >= 15 is 0 Å². The highest BCUT2D eigenvalue weighted by molar-refractivity contribution is 7.76. The van der Waals surface area contributed by atoms with Crippen LogP contribution in [0.2, 0.25) is 5.02 Å². The highest BCUT2D eigenvalue weighted by Gasteiger charge is 2.31. The minimum atomic E-state index is -4.42. The Hall–Kier alpha value is -2.44. The topological polar surface area (TPSA) is 44.3 Å². The predicted octanol–water partition coefficient (Wildman–Crippen LogP) is 9.33. The van der Waals surface area contributed by atoms with Crippen LogP contribution in [0.1, 0.15) is 12.5 Å². The molecule has 0 aromatic heterocycles. The molecule has 3 nitrogen and oxygen atoms in total. The van der Waals surface area contributed by atoms with Gasteiger partial charge >= 0.3 is 6.18 Å². The van der Waals surface area contributed by atoms with Crippen LogP contribution in [0, 0.1) is 0 Å². The van der Waals surface area contributed by atoms with E-state index in [2.05, 4.69) is 46.5 Å². The van der Waals surface area contributed by atoms with Gasteiger partial charge in [0, 0.05) is 13.4 Å². The molecule has 0 aliphatic carbocycles. The van der Waals surface area contributed by atoms with Gasteiger partial charge in [-0.05, 0) is 49.4 Å². The number of hydrogen-bond acceptors (Lipinski definition) is 3. The summed E-state index contributed by atoms with van der Waals surface area (Å²) in [4.78, 5) is 0. The standard InChI is InChI=1S/C15H14Cl2NP.C9H9ClF3NO.C6H6.CH3Cl/c1-18-15(14(16)17)19(12-8-4-2-5-9-12)13-10-6-3-7-11-13;1-5(15)14-8-4-6(9(11,12)13)2-3-7(8)10;1-2-4-6-5-3-1;1-2/h2-11,18H,1H3;2-5,14-15H,1H3;1-6H;1H3/p+1. The Morgan fingerprint density at radius 3 is 1.50 bits per heavy atom. The van der Waals surface area contributed by atoms with Crippen LogP contribution in [0.5, 0.6) is 0 Å². The maximum Gasteiger partial charge on any atom is 0.416 e. The fourth-order valence-electron chi connectivity index (χ4n) is 3.40. The molecule has 1 unspecified atom stereocenters. The Bertz CT molecular complexity index is 1240. The number of rotatable bonds is 6. The average molecular weight is 679 g/mol. The molecule has 0 saturated heterocycles. The van der Waals surface area contributed by atoms with Gasteiger partial charge in [0.15, 0.2) is 9.93 Å². The van der Waals surface area contributed by atoms with E-state index in [1.165, 1.54) is 23.9 Å². The molecule has 0 saturated carbocycles. The molecule has 0 radical (unpaired) electrons. The van der Waals surface area contributed by atoms with E-state index in [9.17, 15) is 13.2 Å². The molecular formula is C31H33Cl4F3N2OP+. The van der Waals surface area contributed by atoms with E-state index < -0.39 is 25.9 Å². The van der Waals surface area contributed by atoms with Crippen molar-refractivity contribution in [2.24, 2.45) is 0 Å². The molecule has 226 valence electrons. The molecule has 0 spiro atoms. The third kappa shape index (κ3) is 13.7. The largest absolute Gasteiger partial charge is 0.416 e. The predicted molar refractivity (Wildman–Crippen MR) is 178 cm³/mol. The van der Waals surface area contributed by atoms with Crippen LogP contribution in [0.25, 0.3) is 0 Å². The Morgan fingerprint density at radius 1 is 0.762 bits per heavy atom. The third-order valence-electron chi connectivity index (χ3n) is 5.14. The summed E-state index contributed by atoms with van der Waals surface area (Å²) < 4.78 is 37.2. The Balaban J connectivity index is 0.000000340. The van der Waals surface area contributed by atoms with Gasteiger partial charge in [-0.3, -0.25) is 0 Å². The molecule has 3 N–H and O–H groups in total. The van der Waals surface area contributed by atoms with Crippen LogP contribution in [0.3, 0.4) is 0 Å². The van der Waals surface area contributed by atoms with Crippen molar-refractivity contribution in [2.75, 3.05) is 18.7 Å². The summed E-state index contributed by atoms with van der Waals surface area (Å²) in [6.07, 6.45) is -3.91. The number of nitrogens with one attached hydrogen (secondary N) is 2. The van der Waals surface area contributed by atoms with Crippen molar-refractivity contribution in [1.82, 2.24) is 5.32 Å². The van der Waals surface area contributed by atoms with Gasteiger partial charge in [0.2, 0.25) is 0 Å². The Labute approximate surface area is 267 Å². The lowest BCUT2D eigenvalue weighted by molar-refractivity contribution is -0.137. The van der Waals surface area contributed by atoms with Crippen LogP contribution in [-0.4, -0.2) is 24.8 Å². The monoisotopic (exact) mass is 677 g/mol. The average Bonchev–Trinajstić information content (AvgIpc) is 2.99. The first-order valence-corrected chi connectivity index (χ1v) is 15.8. The van der Waals surface area contributed by atoms with Crippen LogP contribution in [0.15, 0.2) is 125 Å². The van der Waals surface area contributed by atoms with Gasteiger partial charge in [-0.1, -0.05) is 108 Å². The molecule has 0 heterocycles. The van der Waals surface area contributed by atoms with E-state index in [1.54, 1.807) is 0 Å². The lowest BCUT2D eigenvalue weighted by atomic mass is 10.2. The lowest BCUT2D eigenvalue weighted by Crippen LogP contribution is -2.19. The van der Waals surface area contributed by atoms with E-state index in [1.807, 2.05) is 79.8 Å². The number of aliphatic hydroxyl groups is 1. The summed E-state index contributed by atoms with van der Waals surface area (Å²) in [5.41, 5.74) is 0.155. The zero-order chi connectivity index (χ0) is 31.5. The van der Waals surface area contributed by atoms with Crippen LogP contribution in [0.4, 0.5) is 18.9 Å². The van der Waals surface area contributed by atoms with Gasteiger partial charge in [0.25, 0.3) is 0 Å². The van der Waals surface area contributed by atoms with Crippen molar-refractivity contribution < 1.29 is 18.3 Å². The fraction of sp³-hybridized carbons (Fsp3) is 0.161. The number of benzene rings is 4. The molecule has 0 bridgehead atoms. The number of anilines is 1. The highest BCUT2D eigenvalue weighted by atomic mass is 35.5. The molecule has 0 aliphatic heterocycles. The summed E-state index contributed by atoms with van der Waals surface area (Å²) in [6.45, 7) is 1.39. The molecule has 11 heteroatoms. The van der Waals surface area contributed by atoms with Gasteiger partial charge in [-0.2, -0.15) is 13.2 Å². The number of hydrogen-bond donors (Lipinski definition) is 3. The second kappa shape index (κ2) is 20.5. The quantitative estimate of drug-likeness (QED) is 0.108. The first-order chi connectivity index (χ1) is 20.0. The molecular weight excluding hydrogens is 646 g/mol. The molecule has 0 fully saturated rings. The fourth-order valence-corrected chi connectivity index (χ4v) is 6.73. The van der Waals surface area contributed by atoms with Gasteiger partial charge in [0.05, 0.1) is 16.3 Å². The van der Waals surface area contributed by atoms with Crippen LogP contribution in [-0.2, 0) is 6.18 Å². The van der Waals surface area contributed by atoms with Crippen LogP contribution >= 0.6 is 54.3 Å². The number of halogens is 7. The summed E-state index contributed by atoms with van der Waals surface area (Å²) in [5, 5.41) is 17.2. The van der Waals surface area contributed by atoms with E-state index in [0.717, 1.165) is 23.6 Å². The third-order valence-corrected chi connectivity index (χ3v) is 8.98. The zero-order valence-electron chi connectivity index (χ0n) is 23.1. The van der Waals surface area contributed by atoms with Crippen molar-refractivity contribution in [3.8, 4) is 0 Å². The maximum atomic E-state index is 12.3. The van der Waals surface area contributed by atoms with Crippen molar-refractivity contribution in [2.45, 2.75) is 19.3 Å². The second-order valence-corrected chi connectivity index (χ2v) is 11.9. The molecule has 1 atom stereocenters. The molecule has 4 aromatic carbocycles. The smallest absolute Gasteiger partial charge is 0.374 e. The minimum Gasteiger partial charge on any atom is -0.374 e. The second-order valence-electron chi connectivity index (χ2n) is 8.16. The zero-order valence-corrected chi connectivity index (χ0v) is 27.2. The highest BCUT2D eigenvalue weighted by Crippen LogP contribution is 2.44. The van der Waals surface area contributed by atoms with Gasteiger partial charge in [-0.25, -0.2) is 0 Å². The first-order valence-electron chi connectivity index (χ1n) is 12.4. The van der Waals surface area contributed by atoms with Crippen molar-refractivity contribution >= 4 is 70.6 Å². The minimum absolute atomic E-state index is 0.0569. The summed E-state index contributed by atoms with van der Waals surface area (Å²) in [5.74, 6) is 0. The van der Waals surface area contributed by atoms with E-state index in [-0.39, 0.29) is 10.7 Å².